The lowest BCUT2D eigenvalue weighted by molar-refractivity contribution is -0.119. The Hall–Kier alpha value is -2.53. The Morgan fingerprint density at radius 1 is 1.17 bits per heavy atom. The summed E-state index contributed by atoms with van der Waals surface area (Å²) in [6.07, 6.45) is 0. The van der Waals surface area contributed by atoms with Crippen molar-refractivity contribution in [2.45, 2.75) is 6.92 Å². The molecule has 120 valence electrons. The zero-order valence-corrected chi connectivity index (χ0v) is 13.5. The van der Waals surface area contributed by atoms with E-state index in [-0.39, 0.29) is 5.56 Å². The van der Waals surface area contributed by atoms with Gasteiger partial charge in [0.25, 0.3) is 5.91 Å². The normalized spacial score (nSPS) is 10.0. The molecule has 1 amide bonds. The maximum Gasteiger partial charge on any atom is 0.342 e. The van der Waals surface area contributed by atoms with E-state index in [2.05, 4.69) is 5.32 Å². The van der Waals surface area contributed by atoms with Crippen LogP contribution in [-0.4, -0.2) is 25.6 Å². The molecule has 0 saturated carbocycles. The molecule has 1 N–H and O–H groups in total. The molecule has 0 atom stereocenters. The molecule has 0 aliphatic rings. The van der Waals surface area contributed by atoms with E-state index in [0.29, 0.717) is 16.5 Å². The van der Waals surface area contributed by atoms with E-state index in [1.54, 1.807) is 36.4 Å². The fraction of sp³-hybridized carbons (Fsp3) is 0.176. The van der Waals surface area contributed by atoms with E-state index in [9.17, 15) is 9.59 Å². The smallest absolute Gasteiger partial charge is 0.342 e. The first-order chi connectivity index (χ1) is 11.0. The minimum atomic E-state index is -0.619. The van der Waals surface area contributed by atoms with Gasteiger partial charge in [0.1, 0.15) is 11.3 Å². The molecule has 0 heterocycles. The Kier molecular flexibility index (Phi) is 5.60. The van der Waals surface area contributed by atoms with E-state index in [4.69, 9.17) is 21.1 Å². The van der Waals surface area contributed by atoms with Crippen molar-refractivity contribution < 1.29 is 19.1 Å². The van der Waals surface area contributed by atoms with Gasteiger partial charge in [0.15, 0.2) is 6.61 Å². The van der Waals surface area contributed by atoms with Crippen molar-refractivity contribution >= 4 is 29.2 Å². The summed E-state index contributed by atoms with van der Waals surface area (Å²) in [6, 6.07) is 11.8. The van der Waals surface area contributed by atoms with Gasteiger partial charge in [-0.1, -0.05) is 29.3 Å². The standard InChI is InChI=1S/C17H16ClNO4/c1-11-6-7-15(22-2)14(8-11)17(21)23-10-16(20)19-13-5-3-4-12(18)9-13/h3-9H,10H2,1-2H3,(H,19,20). The number of ether oxygens (including phenoxy) is 2. The summed E-state index contributed by atoms with van der Waals surface area (Å²) in [6.45, 7) is 1.45. The van der Waals surface area contributed by atoms with E-state index in [1.165, 1.54) is 7.11 Å². The molecule has 2 rings (SSSR count). The number of nitrogens with one attached hydrogen (secondary N) is 1. The second-order valence-corrected chi connectivity index (χ2v) is 5.27. The third-order valence-electron chi connectivity index (χ3n) is 3.02. The van der Waals surface area contributed by atoms with Crippen molar-refractivity contribution in [3.63, 3.8) is 0 Å². The molecule has 0 aliphatic carbocycles. The van der Waals surface area contributed by atoms with Crippen LogP contribution < -0.4 is 10.1 Å². The Morgan fingerprint density at radius 2 is 1.96 bits per heavy atom. The Bertz CT molecular complexity index is 730. The fourth-order valence-electron chi connectivity index (χ4n) is 1.95. The number of benzene rings is 2. The molecule has 0 bridgehead atoms. The molecule has 5 nitrogen and oxygen atoms in total. The summed E-state index contributed by atoms with van der Waals surface area (Å²) in [5, 5.41) is 3.10. The van der Waals surface area contributed by atoms with Crippen LogP contribution in [0.4, 0.5) is 5.69 Å². The molecule has 0 spiro atoms. The van der Waals surface area contributed by atoms with Gasteiger partial charge in [-0.15, -0.1) is 0 Å². The van der Waals surface area contributed by atoms with Gasteiger partial charge in [0.05, 0.1) is 7.11 Å². The number of aryl methyl sites for hydroxylation is 1. The average Bonchev–Trinajstić information content (AvgIpc) is 2.52. The molecule has 0 aromatic heterocycles. The Balaban J connectivity index is 1.96. The van der Waals surface area contributed by atoms with Crippen molar-refractivity contribution in [3.8, 4) is 5.75 Å². The quantitative estimate of drug-likeness (QED) is 0.851. The van der Waals surface area contributed by atoms with E-state index in [0.717, 1.165) is 5.56 Å². The number of halogens is 1. The second-order valence-electron chi connectivity index (χ2n) is 4.84. The van der Waals surface area contributed by atoms with Crippen LogP contribution in [0.25, 0.3) is 0 Å². The highest BCUT2D eigenvalue weighted by molar-refractivity contribution is 6.30. The van der Waals surface area contributed by atoms with Gasteiger partial charge in [-0.3, -0.25) is 4.79 Å². The van der Waals surface area contributed by atoms with Crippen LogP contribution >= 0.6 is 11.6 Å². The number of esters is 1. The van der Waals surface area contributed by atoms with Crippen LogP contribution in [0, 0.1) is 6.92 Å². The maximum atomic E-state index is 12.1. The predicted octanol–water partition coefficient (Wildman–Crippen LogP) is 3.45. The molecule has 0 radical (unpaired) electrons. The van der Waals surface area contributed by atoms with E-state index >= 15 is 0 Å². The number of hydrogen-bond donors (Lipinski definition) is 1. The molecule has 23 heavy (non-hydrogen) atoms. The van der Waals surface area contributed by atoms with Gasteiger partial charge < -0.3 is 14.8 Å². The van der Waals surface area contributed by atoms with Crippen molar-refractivity contribution in [2.75, 3.05) is 19.0 Å². The molecule has 2 aromatic carbocycles. The van der Waals surface area contributed by atoms with Crippen LogP contribution in [0.3, 0.4) is 0 Å². The largest absolute Gasteiger partial charge is 0.496 e. The SMILES string of the molecule is COc1ccc(C)cc1C(=O)OCC(=O)Nc1cccc(Cl)c1. The number of anilines is 1. The first-order valence-corrected chi connectivity index (χ1v) is 7.24. The highest BCUT2D eigenvalue weighted by atomic mass is 35.5. The van der Waals surface area contributed by atoms with Crippen LogP contribution in [-0.2, 0) is 9.53 Å². The van der Waals surface area contributed by atoms with E-state index < -0.39 is 18.5 Å². The fourth-order valence-corrected chi connectivity index (χ4v) is 2.14. The molecular formula is C17H16ClNO4. The summed E-state index contributed by atoms with van der Waals surface area (Å²) < 4.78 is 10.1. The van der Waals surface area contributed by atoms with Gasteiger partial charge in [-0.2, -0.15) is 0 Å². The number of rotatable bonds is 5. The summed E-state index contributed by atoms with van der Waals surface area (Å²) in [4.78, 5) is 23.9. The maximum absolute atomic E-state index is 12.1. The van der Waals surface area contributed by atoms with Crippen molar-refractivity contribution in [2.24, 2.45) is 0 Å². The predicted molar refractivity (Wildman–Crippen MR) is 88.1 cm³/mol. The first kappa shape index (κ1) is 16.8. The lowest BCUT2D eigenvalue weighted by atomic mass is 10.1. The van der Waals surface area contributed by atoms with Crippen molar-refractivity contribution in [1.82, 2.24) is 0 Å². The molecule has 6 heteroatoms. The number of hydrogen-bond acceptors (Lipinski definition) is 4. The highest BCUT2D eigenvalue weighted by Crippen LogP contribution is 2.20. The first-order valence-electron chi connectivity index (χ1n) is 6.87. The molecule has 0 fully saturated rings. The summed E-state index contributed by atoms with van der Waals surface area (Å²) in [7, 11) is 1.47. The average molecular weight is 334 g/mol. The number of carbonyl (C=O) groups excluding carboxylic acids is 2. The summed E-state index contributed by atoms with van der Waals surface area (Å²) >= 11 is 5.83. The zero-order valence-electron chi connectivity index (χ0n) is 12.8. The third-order valence-corrected chi connectivity index (χ3v) is 3.25. The lowest BCUT2D eigenvalue weighted by Gasteiger charge is -2.10. The van der Waals surface area contributed by atoms with Gasteiger partial charge in [0.2, 0.25) is 0 Å². The number of methoxy groups -OCH3 is 1. The van der Waals surface area contributed by atoms with Gasteiger partial charge in [-0.25, -0.2) is 4.79 Å². The van der Waals surface area contributed by atoms with Crippen LogP contribution in [0.5, 0.6) is 5.75 Å². The monoisotopic (exact) mass is 333 g/mol. The molecule has 2 aromatic rings. The third kappa shape index (κ3) is 4.72. The molecular weight excluding hydrogens is 318 g/mol. The van der Waals surface area contributed by atoms with Gasteiger partial charge >= 0.3 is 5.97 Å². The minimum absolute atomic E-state index is 0.281. The van der Waals surface area contributed by atoms with Crippen molar-refractivity contribution in [3.05, 3.63) is 58.6 Å². The molecule has 0 aliphatic heterocycles. The van der Waals surface area contributed by atoms with Gasteiger partial charge in [-0.05, 0) is 37.3 Å². The van der Waals surface area contributed by atoms with Crippen LogP contribution in [0.1, 0.15) is 15.9 Å². The zero-order chi connectivity index (χ0) is 16.8. The summed E-state index contributed by atoms with van der Waals surface area (Å²) in [5.41, 5.74) is 1.70. The molecule has 0 unspecified atom stereocenters. The topological polar surface area (TPSA) is 64.6 Å². The van der Waals surface area contributed by atoms with Crippen LogP contribution in [0.2, 0.25) is 5.02 Å². The summed E-state index contributed by atoms with van der Waals surface area (Å²) in [5.74, 6) is -0.671. The Morgan fingerprint density at radius 3 is 2.65 bits per heavy atom. The lowest BCUT2D eigenvalue weighted by Crippen LogP contribution is -2.21. The highest BCUT2D eigenvalue weighted by Gasteiger charge is 2.15. The molecule has 0 saturated heterocycles. The van der Waals surface area contributed by atoms with Gasteiger partial charge in [0, 0.05) is 10.7 Å². The van der Waals surface area contributed by atoms with E-state index in [1.807, 2.05) is 13.0 Å². The number of amides is 1. The Labute approximate surface area is 139 Å². The van der Waals surface area contributed by atoms with Crippen LogP contribution in [0.15, 0.2) is 42.5 Å². The number of carbonyl (C=O) groups is 2. The second kappa shape index (κ2) is 7.65. The van der Waals surface area contributed by atoms with Crippen molar-refractivity contribution in [1.29, 1.82) is 0 Å². The minimum Gasteiger partial charge on any atom is -0.496 e.